The van der Waals surface area contributed by atoms with Crippen LogP contribution in [0.15, 0.2) is 97.2 Å². The number of allylic oxidation sites excluding steroid dienone is 16. The number of aliphatic hydroxyl groups excluding tert-OH is 2. The van der Waals surface area contributed by atoms with E-state index in [1.54, 1.807) is 0 Å². The van der Waals surface area contributed by atoms with Gasteiger partial charge in [0.1, 0.15) is 6.10 Å². The third-order valence-electron chi connectivity index (χ3n) is 10.6. The topological polar surface area (TPSA) is 95.9 Å². The molecular weight excluding hydrogens is 743 g/mol. The van der Waals surface area contributed by atoms with Gasteiger partial charge in [0.15, 0.2) is 0 Å². The third kappa shape index (κ3) is 41.5. The van der Waals surface area contributed by atoms with Crippen molar-refractivity contribution in [3.05, 3.63) is 97.2 Å². The molecule has 6 heteroatoms. The third-order valence-corrected chi connectivity index (χ3v) is 10.6. The molecule has 0 aliphatic heterocycles. The number of unbranched alkanes of at least 4 members (excludes halogenated alkanes) is 20. The Labute approximate surface area is 369 Å². The van der Waals surface area contributed by atoms with Crippen LogP contribution in [0.2, 0.25) is 0 Å². The smallest absolute Gasteiger partial charge is 0.306 e. The second kappa shape index (κ2) is 46.8. The molecule has 60 heavy (non-hydrogen) atoms. The highest BCUT2D eigenvalue weighted by Gasteiger charge is 2.24. The Morgan fingerprint density at radius 2 is 0.933 bits per heavy atom. The molecule has 0 aromatic heterocycles. The molecule has 3 N–H and O–H groups in total. The molecule has 0 fully saturated rings. The van der Waals surface area contributed by atoms with E-state index in [0.717, 1.165) is 96.3 Å². The van der Waals surface area contributed by atoms with Gasteiger partial charge in [-0.1, -0.05) is 227 Å². The monoisotopic (exact) mass is 834 g/mol. The summed E-state index contributed by atoms with van der Waals surface area (Å²) in [6.45, 7) is 6.22. The lowest BCUT2D eigenvalue weighted by atomic mass is 10.0. The van der Waals surface area contributed by atoms with Crippen molar-refractivity contribution in [2.24, 2.45) is 0 Å². The maximum Gasteiger partial charge on any atom is 0.306 e. The summed E-state index contributed by atoms with van der Waals surface area (Å²) in [5.74, 6) is -0.547. The van der Waals surface area contributed by atoms with E-state index in [9.17, 15) is 19.8 Å². The van der Waals surface area contributed by atoms with Crippen LogP contribution in [0.1, 0.15) is 207 Å². The van der Waals surface area contributed by atoms with E-state index in [4.69, 9.17) is 4.74 Å². The van der Waals surface area contributed by atoms with Gasteiger partial charge < -0.3 is 20.3 Å². The molecule has 342 valence electrons. The number of esters is 1. The minimum Gasteiger partial charge on any atom is -0.462 e. The van der Waals surface area contributed by atoms with Crippen molar-refractivity contribution < 1.29 is 24.5 Å². The lowest BCUT2D eigenvalue weighted by molar-refractivity contribution is -0.151. The predicted molar refractivity (Wildman–Crippen MR) is 259 cm³/mol. The van der Waals surface area contributed by atoms with Gasteiger partial charge in [-0.15, -0.1) is 0 Å². The summed E-state index contributed by atoms with van der Waals surface area (Å²) < 4.78 is 5.89. The highest BCUT2D eigenvalue weighted by molar-refractivity contribution is 5.77. The average molecular weight is 834 g/mol. The standard InChI is InChI=1S/C54H91NO5/c1-4-7-10-13-16-19-22-24-25-26-27-28-29-32-35-38-41-44-47-54(59)60-50(45-42-39-36-33-30-21-18-15-12-9-6-3)48-53(58)55-51(49-56)52(57)46-43-40-37-34-31-23-20-17-14-11-8-5-2/h9-10,12-13,15-16,18-19,21-22,24-28,30,50-52,56-57H,4-8,11,14,17,20,23,29,31-49H2,1-3H3,(H,55,58)/b12-9+,13-10+,18-15+,19-16+,24-22+,26-25+,28-27+,30-21-. The summed E-state index contributed by atoms with van der Waals surface area (Å²) in [7, 11) is 0. The van der Waals surface area contributed by atoms with Crippen LogP contribution in [-0.2, 0) is 14.3 Å². The molecule has 3 atom stereocenters. The first-order valence-corrected chi connectivity index (χ1v) is 24.6. The minimum atomic E-state index is -0.806. The van der Waals surface area contributed by atoms with Gasteiger partial charge in [-0.2, -0.15) is 0 Å². The largest absolute Gasteiger partial charge is 0.462 e. The molecule has 0 spiro atoms. The molecule has 0 rings (SSSR count). The summed E-state index contributed by atoms with van der Waals surface area (Å²) in [6, 6.07) is -0.723. The van der Waals surface area contributed by atoms with Gasteiger partial charge in [-0.3, -0.25) is 9.59 Å². The molecule has 6 nitrogen and oxygen atoms in total. The van der Waals surface area contributed by atoms with E-state index < -0.39 is 18.2 Å². The van der Waals surface area contributed by atoms with Gasteiger partial charge in [0.2, 0.25) is 5.91 Å². The highest BCUT2D eigenvalue weighted by atomic mass is 16.5. The second-order valence-electron chi connectivity index (χ2n) is 16.3. The zero-order chi connectivity index (χ0) is 43.8. The molecule has 0 saturated heterocycles. The number of ether oxygens (including phenoxy) is 1. The average Bonchev–Trinajstić information content (AvgIpc) is 3.24. The molecular formula is C54H91NO5. The van der Waals surface area contributed by atoms with Crippen LogP contribution < -0.4 is 5.32 Å². The molecule has 3 unspecified atom stereocenters. The van der Waals surface area contributed by atoms with Crippen molar-refractivity contribution in [2.45, 2.75) is 225 Å². The Morgan fingerprint density at radius 3 is 1.45 bits per heavy atom. The zero-order valence-electron chi connectivity index (χ0n) is 38.8. The zero-order valence-corrected chi connectivity index (χ0v) is 38.8. The first kappa shape index (κ1) is 56.8. The van der Waals surface area contributed by atoms with Crippen molar-refractivity contribution >= 4 is 11.9 Å². The lowest BCUT2D eigenvalue weighted by Crippen LogP contribution is -2.46. The van der Waals surface area contributed by atoms with Crippen LogP contribution >= 0.6 is 0 Å². The molecule has 0 aromatic carbocycles. The van der Waals surface area contributed by atoms with Crippen LogP contribution in [0.3, 0.4) is 0 Å². The number of carbonyl (C=O) groups is 2. The number of carbonyl (C=O) groups excluding carboxylic acids is 2. The molecule has 1 amide bonds. The van der Waals surface area contributed by atoms with Crippen LogP contribution in [0.4, 0.5) is 0 Å². The normalized spacial score (nSPS) is 14.2. The summed E-state index contributed by atoms with van der Waals surface area (Å²) in [5.41, 5.74) is 0. The number of rotatable bonds is 42. The van der Waals surface area contributed by atoms with Gasteiger partial charge in [-0.05, 0) is 64.2 Å². The van der Waals surface area contributed by atoms with E-state index >= 15 is 0 Å². The highest BCUT2D eigenvalue weighted by Crippen LogP contribution is 2.17. The van der Waals surface area contributed by atoms with Gasteiger partial charge in [-0.25, -0.2) is 0 Å². The molecule has 0 aliphatic rings. The maximum atomic E-state index is 13.2. The van der Waals surface area contributed by atoms with Crippen LogP contribution in [0.5, 0.6) is 0 Å². The van der Waals surface area contributed by atoms with Crippen LogP contribution in [0, 0.1) is 0 Å². The fraction of sp³-hybridized carbons (Fsp3) is 0.667. The van der Waals surface area contributed by atoms with Crippen molar-refractivity contribution in [1.29, 1.82) is 0 Å². The van der Waals surface area contributed by atoms with Crippen molar-refractivity contribution in [3.63, 3.8) is 0 Å². The Hall–Kier alpha value is -3.22. The number of aliphatic hydroxyl groups is 2. The van der Waals surface area contributed by atoms with E-state index in [1.807, 2.05) is 36.5 Å². The predicted octanol–water partition coefficient (Wildman–Crippen LogP) is 14.6. The van der Waals surface area contributed by atoms with E-state index in [-0.39, 0.29) is 24.9 Å². The maximum absolute atomic E-state index is 13.2. The Morgan fingerprint density at radius 1 is 0.500 bits per heavy atom. The number of hydrogen-bond acceptors (Lipinski definition) is 5. The van der Waals surface area contributed by atoms with Gasteiger partial charge >= 0.3 is 5.97 Å². The molecule has 0 saturated carbocycles. The summed E-state index contributed by atoms with van der Waals surface area (Å²) in [5, 5.41) is 23.7. The first-order chi connectivity index (χ1) is 29.5. The summed E-state index contributed by atoms with van der Waals surface area (Å²) >= 11 is 0. The molecule has 0 heterocycles. The second-order valence-corrected chi connectivity index (χ2v) is 16.3. The van der Waals surface area contributed by atoms with Crippen molar-refractivity contribution in [2.75, 3.05) is 6.61 Å². The summed E-state index contributed by atoms with van der Waals surface area (Å²) in [4.78, 5) is 26.1. The SMILES string of the molecule is CC/C=C/C=C/C=C\CCCCCC(CC(=O)NC(CO)C(O)CCCCCCCCCCCCCC)OC(=O)CCCCCCC/C=C/C=C/C=C/C=C/C=C/CCC. The number of amides is 1. The fourth-order valence-corrected chi connectivity index (χ4v) is 6.87. The molecule has 0 aromatic rings. The van der Waals surface area contributed by atoms with Gasteiger partial charge in [0, 0.05) is 6.42 Å². The van der Waals surface area contributed by atoms with E-state index in [2.05, 4.69) is 86.8 Å². The summed E-state index contributed by atoms with van der Waals surface area (Å²) in [6.07, 6.45) is 61.7. The Balaban J connectivity index is 4.65. The number of nitrogens with one attached hydrogen (secondary N) is 1. The van der Waals surface area contributed by atoms with Gasteiger partial charge in [0.05, 0.1) is 25.2 Å². The van der Waals surface area contributed by atoms with Crippen molar-refractivity contribution in [3.8, 4) is 0 Å². The van der Waals surface area contributed by atoms with Crippen molar-refractivity contribution in [1.82, 2.24) is 5.32 Å². The molecule has 0 radical (unpaired) electrons. The van der Waals surface area contributed by atoms with Gasteiger partial charge in [0.25, 0.3) is 0 Å². The van der Waals surface area contributed by atoms with Crippen LogP contribution in [0.25, 0.3) is 0 Å². The Kier molecular flexibility index (Phi) is 44.3. The van der Waals surface area contributed by atoms with E-state index in [0.29, 0.717) is 19.3 Å². The fourth-order valence-electron chi connectivity index (χ4n) is 6.87. The van der Waals surface area contributed by atoms with Crippen LogP contribution in [-0.4, -0.2) is 46.9 Å². The molecule has 0 bridgehead atoms. The quantitative estimate of drug-likeness (QED) is 0.0323. The Bertz CT molecular complexity index is 1210. The minimum absolute atomic E-state index is 0.0380. The first-order valence-electron chi connectivity index (χ1n) is 24.6. The van der Waals surface area contributed by atoms with E-state index in [1.165, 1.54) is 64.2 Å². The lowest BCUT2D eigenvalue weighted by Gasteiger charge is -2.24. The number of hydrogen-bond donors (Lipinski definition) is 3. The molecule has 0 aliphatic carbocycles.